The Morgan fingerprint density at radius 2 is 2.06 bits per heavy atom. The average molecular weight is 484 g/mol. The standard InChI is InChI=1S/C23H18FN3O4S2/c24-16-7-1-2-8-17(16)31-20-15(21(28)26-10-4-3-9-19(26)25-20)12-18-22(29)27(23(32)33-18)13-14-6-5-11-30-14/h1-4,7-10,12,14H,5-6,11,13H2/b18-12-/t14-/m1/s1. The summed E-state index contributed by atoms with van der Waals surface area (Å²) in [6.07, 6.45) is 4.75. The fourth-order valence-electron chi connectivity index (χ4n) is 3.70. The van der Waals surface area contributed by atoms with Crippen molar-refractivity contribution in [2.24, 2.45) is 0 Å². The molecule has 4 heterocycles. The number of fused-ring (bicyclic) bond motifs is 1. The number of carbonyl (C=O) groups excluding carboxylic acids is 1. The third-order valence-corrected chi connectivity index (χ3v) is 6.71. The summed E-state index contributed by atoms with van der Waals surface area (Å²) in [5, 5.41) is 0. The Morgan fingerprint density at radius 1 is 1.24 bits per heavy atom. The normalized spacial score (nSPS) is 19.7. The number of rotatable bonds is 5. The van der Waals surface area contributed by atoms with Crippen LogP contribution in [0.1, 0.15) is 18.4 Å². The zero-order valence-electron chi connectivity index (χ0n) is 17.3. The predicted octanol–water partition coefficient (Wildman–Crippen LogP) is 4.01. The molecule has 0 unspecified atom stereocenters. The lowest BCUT2D eigenvalue weighted by Crippen LogP contribution is -2.35. The zero-order chi connectivity index (χ0) is 22.9. The number of thioether (sulfide) groups is 1. The SMILES string of the molecule is O=C1/C(=C/c2c(Oc3ccccc3F)nc3ccccn3c2=O)SC(=S)N1C[C@H]1CCCO1. The maximum Gasteiger partial charge on any atom is 0.269 e. The molecule has 0 radical (unpaired) electrons. The van der Waals surface area contributed by atoms with Crippen LogP contribution >= 0.6 is 24.0 Å². The molecule has 2 fully saturated rings. The molecule has 2 aliphatic rings. The van der Waals surface area contributed by atoms with Gasteiger partial charge in [0.25, 0.3) is 11.5 Å². The van der Waals surface area contributed by atoms with E-state index >= 15 is 0 Å². The van der Waals surface area contributed by atoms with E-state index in [0.717, 1.165) is 24.6 Å². The van der Waals surface area contributed by atoms with E-state index in [1.165, 1.54) is 33.6 Å². The molecule has 2 saturated heterocycles. The number of benzene rings is 1. The first-order chi connectivity index (χ1) is 16.0. The van der Waals surface area contributed by atoms with Gasteiger partial charge in [-0.3, -0.25) is 18.9 Å². The number of amides is 1. The summed E-state index contributed by atoms with van der Waals surface area (Å²) in [6, 6.07) is 10.9. The molecule has 1 atom stereocenters. The van der Waals surface area contributed by atoms with Crippen molar-refractivity contribution in [3.63, 3.8) is 0 Å². The van der Waals surface area contributed by atoms with E-state index in [-0.39, 0.29) is 34.1 Å². The van der Waals surface area contributed by atoms with Gasteiger partial charge in [0.15, 0.2) is 11.6 Å². The highest BCUT2D eigenvalue weighted by Crippen LogP contribution is 2.35. The first-order valence-electron chi connectivity index (χ1n) is 10.3. The monoisotopic (exact) mass is 483 g/mol. The molecule has 5 rings (SSSR count). The Kier molecular flexibility index (Phi) is 5.96. The van der Waals surface area contributed by atoms with Gasteiger partial charge in [-0.15, -0.1) is 0 Å². The molecular formula is C23H18FN3O4S2. The molecule has 0 saturated carbocycles. The number of thiocarbonyl (C=S) groups is 1. The van der Waals surface area contributed by atoms with E-state index < -0.39 is 11.4 Å². The first-order valence-corrected chi connectivity index (χ1v) is 11.5. The number of hydrogen-bond donors (Lipinski definition) is 0. The highest BCUT2D eigenvalue weighted by molar-refractivity contribution is 8.26. The third kappa shape index (κ3) is 4.29. The summed E-state index contributed by atoms with van der Waals surface area (Å²) in [5.74, 6) is -1.08. The number of aromatic nitrogens is 2. The van der Waals surface area contributed by atoms with Crippen LogP contribution in [0, 0.1) is 5.82 Å². The Balaban J connectivity index is 1.56. The molecule has 2 aromatic heterocycles. The van der Waals surface area contributed by atoms with Crippen LogP contribution in [0.15, 0.2) is 58.4 Å². The fourth-order valence-corrected chi connectivity index (χ4v) is 4.95. The summed E-state index contributed by atoms with van der Waals surface area (Å²) in [5.41, 5.74) is -0.0900. The Hall–Kier alpha value is -3.08. The van der Waals surface area contributed by atoms with E-state index in [1.54, 1.807) is 30.5 Å². The predicted molar refractivity (Wildman–Crippen MR) is 127 cm³/mol. The Labute approximate surface area is 197 Å². The molecule has 1 amide bonds. The van der Waals surface area contributed by atoms with Crippen molar-refractivity contribution in [2.75, 3.05) is 13.2 Å². The van der Waals surface area contributed by atoms with E-state index in [9.17, 15) is 14.0 Å². The maximum atomic E-state index is 14.2. The van der Waals surface area contributed by atoms with Crippen LogP contribution in [-0.2, 0) is 9.53 Å². The lowest BCUT2D eigenvalue weighted by atomic mass is 10.2. The summed E-state index contributed by atoms with van der Waals surface area (Å²) in [7, 11) is 0. The molecule has 33 heavy (non-hydrogen) atoms. The van der Waals surface area contributed by atoms with Crippen molar-refractivity contribution in [3.05, 3.63) is 75.3 Å². The summed E-state index contributed by atoms with van der Waals surface area (Å²) < 4.78 is 27.3. The van der Waals surface area contributed by atoms with E-state index in [1.807, 2.05) is 0 Å². The van der Waals surface area contributed by atoms with Gasteiger partial charge in [0.05, 0.1) is 17.6 Å². The number of carbonyl (C=O) groups is 1. The summed E-state index contributed by atoms with van der Waals surface area (Å²) in [4.78, 5) is 32.5. The minimum absolute atomic E-state index is 0.0274. The lowest BCUT2D eigenvalue weighted by molar-refractivity contribution is -0.123. The number of halogens is 1. The van der Waals surface area contributed by atoms with Gasteiger partial charge in [-0.25, -0.2) is 4.39 Å². The molecule has 0 spiro atoms. The van der Waals surface area contributed by atoms with Gasteiger partial charge < -0.3 is 9.47 Å². The number of ether oxygens (including phenoxy) is 2. The van der Waals surface area contributed by atoms with Crippen LogP contribution in [0.25, 0.3) is 11.7 Å². The highest BCUT2D eigenvalue weighted by Gasteiger charge is 2.35. The molecule has 3 aromatic rings. The van der Waals surface area contributed by atoms with Gasteiger partial charge in [0.1, 0.15) is 15.5 Å². The van der Waals surface area contributed by atoms with Crippen LogP contribution in [0.5, 0.6) is 11.6 Å². The minimum atomic E-state index is -0.596. The van der Waals surface area contributed by atoms with Crippen molar-refractivity contribution in [1.82, 2.24) is 14.3 Å². The highest BCUT2D eigenvalue weighted by atomic mass is 32.2. The van der Waals surface area contributed by atoms with E-state index in [2.05, 4.69) is 4.98 Å². The molecular weight excluding hydrogens is 465 g/mol. The summed E-state index contributed by atoms with van der Waals surface area (Å²) >= 11 is 6.50. The van der Waals surface area contributed by atoms with Gasteiger partial charge in [-0.1, -0.05) is 42.2 Å². The zero-order valence-corrected chi connectivity index (χ0v) is 18.9. The van der Waals surface area contributed by atoms with Gasteiger partial charge in [0.2, 0.25) is 5.88 Å². The number of hydrogen-bond acceptors (Lipinski definition) is 7. The van der Waals surface area contributed by atoms with E-state index in [0.29, 0.717) is 23.1 Å². The third-order valence-electron chi connectivity index (χ3n) is 5.34. The molecule has 0 bridgehead atoms. The van der Waals surface area contributed by atoms with Crippen LogP contribution in [0.2, 0.25) is 0 Å². The molecule has 7 nitrogen and oxygen atoms in total. The van der Waals surface area contributed by atoms with Crippen molar-refractivity contribution in [1.29, 1.82) is 0 Å². The maximum absolute atomic E-state index is 14.2. The van der Waals surface area contributed by atoms with Crippen molar-refractivity contribution >= 4 is 45.9 Å². The molecule has 0 N–H and O–H groups in total. The van der Waals surface area contributed by atoms with Crippen LogP contribution in [0.4, 0.5) is 4.39 Å². The Morgan fingerprint density at radius 3 is 2.85 bits per heavy atom. The molecule has 10 heteroatoms. The van der Waals surface area contributed by atoms with Gasteiger partial charge in [-0.05, 0) is 43.2 Å². The number of nitrogens with zero attached hydrogens (tertiary/aromatic N) is 3. The molecule has 168 valence electrons. The number of para-hydroxylation sites is 1. The second kappa shape index (κ2) is 9.05. The Bertz CT molecular complexity index is 1350. The van der Waals surface area contributed by atoms with Crippen molar-refractivity contribution < 1.29 is 18.7 Å². The average Bonchev–Trinajstić information content (AvgIpc) is 3.42. The van der Waals surface area contributed by atoms with Crippen molar-refractivity contribution in [3.8, 4) is 11.6 Å². The topological polar surface area (TPSA) is 73.1 Å². The largest absolute Gasteiger partial charge is 0.435 e. The van der Waals surface area contributed by atoms with Crippen molar-refractivity contribution in [2.45, 2.75) is 18.9 Å². The second-order valence-corrected chi connectivity index (χ2v) is 9.20. The molecule has 2 aliphatic heterocycles. The fraction of sp³-hybridized carbons (Fsp3) is 0.217. The number of pyridine rings is 1. The summed E-state index contributed by atoms with van der Waals surface area (Å²) in [6.45, 7) is 1.04. The lowest BCUT2D eigenvalue weighted by Gasteiger charge is -2.18. The van der Waals surface area contributed by atoms with Gasteiger partial charge in [-0.2, -0.15) is 4.98 Å². The smallest absolute Gasteiger partial charge is 0.269 e. The van der Waals surface area contributed by atoms with Crippen LogP contribution in [-0.4, -0.2) is 43.8 Å². The van der Waals surface area contributed by atoms with E-state index in [4.69, 9.17) is 21.7 Å². The van der Waals surface area contributed by atoms with Crippen LogP contribution in [0.3, 0.4) is 0 Å². The second-order valence-electron chi connectivity index (χ2n) is 7.52. The minimum Gasteiger partial charge on any atom is -0.435 e. The van der Waals surface area contributed by atoms with Gasteiger partial charge >= 0.3 is 0 Å². The van der Waals surface area contributed by atoms with Gasteiger partial charge in [0, 0.05) is 12.8 Å². The molecule has 0 aliphatic carbocycles. The van der Waals surface area contributed by atoms with Crippen LogP contribution < -0.4 is 10.3 Å². The first kappa shape index (κ1) is 21.7. The molecule has 1 aromatic carbocycles. The quantitative estimate of drug-likeness (QED) is 0.401.